The SMILES string of the molecule is OC(c1ccccc1Cl)c1ccccc1C1CCC1. The largest absolute Gasteiger partial charge is 0.384 e. The lowest BCUT2D eigenvalue weighted by molar-refractivity contribution is 0.217. The molecule has 0 saturated heterocycles. The first-order chi connectivity index (χ1) is 9.27. The van der Waals surface area contributed by atoms with E-state index < -0.39 is 6.10 Å². The van der Waals surface area contributed by atoms with Crippen molar-refractivity contribution in [2.75, 3.05) is 0 Å². The lowest BCUT2D eigenvalue weighted by Crippen LogP contribution is -2.13. The molecule has 0 amide bonds. The van der Waals surface area contributed by atoms with Crippen molar-refractivity contribution in [2.24, 2.45) is 0 Å². The van der Waals surface area contributed by atoms with Crippen LogP contribution in [0.3, 0.4) is 0 Å². The van der Waals surface area contributed by atoms with Crippen LogP contribution in [-0.4, -0.2) is 5.11 Å². The topological polar surface area (TPSA) is 20.2 Å². The highest BCUT2D eigenvalue weighted by Gasteiger charge is 2.25. The molecule has 2 heteroatoms. The molecule has 0 bridgehead atoms. The summed E-state index contributed by atoms with van der Waals surface area (Å²) in [6.45, 7) is 0. The fourth-order valence-corrected chi connectivity index (χ4v) is 2.95. The van der Waals surface area contributed by atoms with Crippen LogP contribution in [0.25, 0.3) is 0 Å². The van der Waals surface area contributed by atoms with Crippen LogP contribution < -0.4 is 0 Å². The highest BCUT2D eigenvalue weighted by Crippen LogP contribution is 2.41. The highest BCUT2D eigenvalue weighted by molar-refractivity contribution is 6.31. The summed E-state index contributed by atoms with van der Waals surface area (Å²) < 4.78 is 0. The maximum absolute atomic E-state index is 10.6. The molecular formula is C17H17ClO. The van der Waals surface area contributed by atoms with Crippen LogP contribution in [0.15, 0.2) is 48.5 Å². The average molecular weight is 273 g/mol. The Morgan fingerprint density at radius 1 is 0.947 bits per heavy atom. The molecule has 0 spiro atoms. The average Bonchev–Trinajstić information content (AvgIpc) is 2.37. The van der Waals surface area contributed by atoms with Crippen molar-refractivity contribution in [3.63, 3.8) is 0 Å². The third-order valence-electron chi connectivity index (χ3n) is 4.04. The molecule has 0 radical (unpaired) electrons. The maximum atomic E-state index is 10.6. The van der Waals surface area contributed by atoms with Gasteiger partial charge in [0.15, 0.2) is 0 Å². The number of aliphatic hydroxyl groups is 1. The van der Waals surface area contributed by atoms with E-state index >= 15 is 0 Å². The van der Waals surface area contributed by atoms with Gasteiger partial charge < -0.3 is 5.11 Å². The van der Waals surface area contributed by atoms with Gasteiger partial charge >= 0.3 is 0 Å². The van der Waals surface area contributed by atoms with Gasteiger partial charge in [0.05, 0.1) is 0 Å². The smallest absolute Gasteiger partial charge is 0.106 e. The second kappa shape index (κ2) is 5.36. The first-order valence-corrected chi connectivity index (χ1v) is 7.16. The summed E-state index contributed by atoms with van der Waals surface area (Å²) in [7, 11) is 0. The molecule has 2 aromatic rings. The molecule has 19 heavy (non-hydrogen) atoms. The number of halogens is 1. The molecular weight excluding hydrogens is 256 g/mol. The molecule has 1 N–H and O–H groups in total. The van der Waals surface area contributed by atoms with Crippen LogP contribution in [0, 0.1) is 0 Å². The second-order valence-corrected chi connectivity index (χ2v) is 5.59. The fourth-order valence-electron chi connectivity index (χ4n) is 2.72. The molecule has 1 atom stereocenters. The third kappa shape index (κ3) is 2.41. The Kier molecular flexibility index (Phi) is 3.58. The fraction of sp³-hybridized carbons (Fsp3) is 0.294. The molecule has 1 unspecified atom stereocenters. The van der Waals surface area contributed by atoms with Crippen LogP contribution in [0.2, 0.25) is 5.02 Å². The number of hydrogen-bond acceptors (Lipinski definition) is 1. The van der Waals surface area contributed by atoms with E-state index in [-0.39, 0.29) is 0 Å². The van der Waals surface area contributed by atoms with Crippen LogP contribution in [0.5, 0.6) is 0 Å². The number of rotatable bonds is 3. The van der Waals surface area contributed by atoms with Gasteiger partial charge in [-0.1, -0.05) is 60.5 Å². The Balaban J connectivity index is 2.00. The van der Waals surface area contributed by atoms with E-state index in [4.69, 9.17) is 11.6 Å². The molecule has 3 rings (SSSR count). The summed E-state index contributed by atoms with van der Waals surface area (Å²) in [6, 6.07) is 15.7. The van der Waals surface area contributed by atoms with Gasteiger partial charge in [0.2, 0.25) is 0 Å². The van der Waals surface area contributed by atoms with E-state index in [9.17, 15) is 5.11 Å². The first kappa shape index (κ1) is 12.7. The van der Waals surface area contributed by atoms with Crippen molar-refractivity contribution in [1.82, 2.24) is 0 Å². The molecule has 1 saturated carbocycles. The Hall–Kier alpha value is -1.31. The van der Waals surface area contributed by atoms with E-state index in [0.717, 1.165) is 11.1 Å². The molecule has 0 aromatic heterocycles. The van der Waals surface area contributed by atoms with Gasteiger partial charge in [0.25, 0.3) is 0 Å². The number of benzene rings is 2. The first-order valence-electron chi connectivity index (χ1n) is 6.78. The van der Waals surface area contributed by atoms with Crippen LogP contribution >= 0.6 is 11.6 Å². The summed E-state index contributed by atoms with van der Waals surface area (Å²) in [5.74, 6) is 0.605. The Morgan fingerprint density at radius 3 is 2.21 bits per heavy atom. The minimum Gasteiger partial charge on any atom is -0.384 e. The van der Waals surface area contributed by atoms with E-state index in [2.05, 4.69) is 12.1 Å². The van der Waals surface area contributed by atoms with Gasteiger partial charge in [0, 0.05) is 10.6 Å². The zero-order chi connectivity index (χ0) is 13.2. The summed E-state index contributed by atoms with van der Waals surface area (Å²) in [5, 5.41) is 11.3. The quantitative estimate of drug-likeness (QED) is 0.859. The minimum atomic E-state index is -0.634. The zero-order valence-corrected chi connectivity index (χ0v) is 11.5. The summed E-state index contributed by atoms with van der Waals surface area (Å²) in [5.41, 5.74) is 3.07. The van der Waals surface area contributed by atoms with Crippen molar-refractivity contribution in [3.05, 3.63) is 70.2 Å². The van der Waals surface area contributed by atoms with Gasteiger partial charge in [-0.15, -0.1) is 0 Å². The Labute approximate surface area is 118 Å². The maximum Gasteiger partial charge on any atom is 0.106 e. The Morgan fingerprint density at radius 2 is 1.58 bits per heavy atom. The summed E-state index contributed by atoms with van der Waals surface area (Å²) in [6.07, 6.45) is 3.12. The number of hydrogen-bond donors (Lipinski definition) is 1. The van der Waals surface area contributed by atoms with Crippen molar-refractivity contribution < 1.29 is 5.11 Å². The van der Waals surface area contributed by atoms with Crippen molar-refractivity contribution in [3.8, 4) is 0 Å². The zero-order valence-electron chi connectivity index (χ0n) is 10.7. The normalized spacial score (nSPS) is 16.9. The predicted molar refractivity (Wildman–Crippen MR) is 78.5 cm³/mol. The van der Waals surface area contributed by atoms with Gasteiger partial charge in [-0.05, 0) is 36.0 Å². The van der Waals surface area contributed by atoms with E-state index in [1.807, 2.05) is 36.4 Å². The lowest BCUT2D eigenvalue weighted by atomic mass is 9.77. The van der Waals surface area contributed by atoms with E-state index in [0.29, 0.717) is 10.9 Å². The van der Waals surface area contributed by atoms with Crippen molar-refractivity contribution in [2.45, 2.75) is 31.3 Å². The van der Waals surface area contributed by atoms with Crippen LogP contribution in [0.4, 0.5) is 0 Å². The summed E-state index contributed by atoms with van der Waals surface area (Å²) >= 11 is 6.19. The van der Waals surface area contributed by atoms with Gasteiger partial charge in [-0.25, -0.2) is 0 Å². The molecule has 0 aliphatic heterocycles. The van der Waals surface area contributed by atoms with E-state index in [1.54, 1.807) is 0 Å². The van der Waals surface area contributed by atoms with Crippen LogP contribution in [-0.2, 0) is 0 Å². The molecule has 98 valence electrons. The van der Waals surface area contributed by atoms with E-state index in [1.165, 1.54) is 24.8 Å². The molecule has 1 nitrogen and oxygen atoms in total. The highest BCUT2D eigenvalue weighted by atomic mass is 35.5. The molecule has 1 aliphatic rings. The second-order valence-electron chi connectivity index (χ2n) is 5.18. The van der Waals surface area contributed by atoms with Gasteiger partial charge in [-0.3, -0.25) is 0 Å². The molecule has 0 heterocycles. The van der Waals surface area contributed by atoms with Gasteiger partial charge in [0.1, 0.15) is 6.10 Å². The van der Waals surface area contributed by atoms with Crippen LogP contribution in [0.1, 0.15) is 48.0 Å². The third-order valence-corrected chi connectivity index (χ3v) is 4.38. The predicted octanol–water partition coefficient (Wildman–Crippen LogP) is 4.69. The Bertz CT molecular complexity index is 575. The van der Waals surface area contributed by atoms with Crippen molar-refractivity contribution >= 4 is 11.6 Å². The van der Waals surface area contributed by atoms with Gasteiger partial charge in [-0.2, -0.15) is 0 Å². The lowest BCUT2D eigenvalue weighted by Gasteiger charge is -2.29. The van der Waals surface area contributed by atoms with Crippen molar-refractivity contribution in [1.29, 1.82) is 0 Å². The minimum absolute atomic E-state index is 0.605. The molecule has 1 fully saturated rings. The molecule has 1 aliphatic carbocycles. The number of aliphatic hydroxyl groups excluding tert-OH is 1. The summed E-state index contributed by atoms with van der Waals surface area (Å²) in [4.78, 5) is 0. The monoisotopic (exact) mass is 272 g/mol. The standard InChI is InChI=1S/C17H17ClO/c18-16-11-4-3-10-15(16)17(19)14-9-2-1-8-13(14)12-6-5-7-12/h1-4,8-12,17,19H,5-7H2. The molecule has 2 aromatic carbocycles.